The second-order valence-electron chi connectivity index (χ2n) is 12.9. The molecule has 0 bridgehead atoms. The zero-order valence-corrected chi connectivity index (χ0v) is 26.4. The Hall–Kier alpha value is -5.38. The number of anilines is 3. The Morgan fingerprint density at radius 1 is 0.500 bits per heavy atom. The molecule has 3 heteroatoms. The first-order chi connectivity index (χ1) is 22.6. The monoisotopic (exact) mass is 607 g/mol. The first-order valence-electron chi connectivity index (χ1n) is 15.9. The summed E-state index contributed by atoms with van der Waals surface area (Å²) in [6.07, 6.45) is 0. The van der Waals surface area contributed by atoms with Crippen LogP contribution in [0.2, 0.25) is 0 Å². The van der Waals surface area contributed by atoms with Crippen LogP contribution in [0.5, 0.6) is 0 Å². The third-order valence-corrected chi connectivity index (χ3v) is 11.3. The number of hydrogen-bond acceptors (Lipinski definition) is 3. The zero-order valence-electron chi connectivity index (χ0n) is 25.5. The van der Waals surface area contributed by atoms with Crippen LogP contribution in [0.15, 0.2) is 144 Å². The number of hydrogen-bond donors (Lipinski definition) is 0. The van der Waals surface area contributed by atoms with E-state index in [1.165, 1.54) is 53.2 Å². The molecular weight excluding hydrogens is 579 g/mol. The summed E-state index contributed by atoms with van der Waals surface area (Å²) in [4.78, 5) is 2.45. The van der Waals surface area contributed by atoms with Crippen molar-refractivity contribution in [2.75, 3.05) is 4.90 Å². The molecule has 1 aliphatic rings. The SMILES string of the molecule is CC1(C)c2ccccc2-c2ccc(N(c3ccc4oc5ccccc5c4c3)c3cccc4c3ccc3c5ccccc5sc43)cc21. The van der Waals surface area contributed by atoms with E-state index < -0.39 is 0 Å². The van der Waals surface area contributed by atoms with Gasteiger partial charge < -0.3 is 9.32 Å². The van der Waals surface area contributed by atoms with Gasteiger partial charge in [-0.15, -0.1) is 11.3 Å². The van der Waals surface area contributed by atoms with Crippen molar-refractivity contribution in [3.8, 4) is 11.1 Å². The fourth-order valence-electron chi connectivity index (χ4n) is 7.83. The normalized spacial score (nSPS) is 13.6. The number of nitrogens with zero attached hydrogens (tertiary/aromatic N) is 1. The van der Waals surface area contributed by atoms with Crippen molar-refractivity contribution in [2.45, 2.75) is 19.3 Å². The molecule has 0 amide bonds. The van der Waals surface area contributed by atoms with Crippen molar-refractivity contribution in [1.29, 1.82) is 0 Å². The minimum absolute atomic E-state index is 0.0969. The topological polar surface area (TPSA) is 16.4 Å². The third kappa shape index (κ3) is 3.52. The predicted molar refractivity (Wildman–Crippen MR) is 196 cm³/mol. The Bertz CT molecular complexity index is 2690. The maximum absolute atomic E-state index is 6.25. The third-order valence-electron chi connectivity index (χ3n) is 10.1. The summed E-state index contributed by atoms with van der Waals surface area (Å²) in [5, 5.41) is 7.42. The number of thiophene rings is 1. The van der Waals surface area contributed by atoms with E-state index in [4.69, 9.17) is 4.42 Å². The second kappa shape index (κ2) is 9.32. The molecule has 7 aromatic carbocycles. The molecule has 0 saturated heterocycles. The number of benzene rings is 7. The van der Waals surface area contributed by atoms with Gasteiger partial charge in [-0.3, -0.25) is 0 Å². The van der Waals surface area contributed by atoms with Gasteiger partial charge in [-0.1, -0.05) is 105 Å². The molecule has 1 aliphatic carbocycles. The van der Waals surface area contributed by atoms with E-state index in [-0.39, 0.29) is 5.41 Å². The van der Waals surface area contributed by atoms with E-state index in [0.717, 1.165) is 39.0 Å². The highest BCUT2D eigenvalue weighted by Gasteiger charge is 2.35. The lowest BCUT2D eigenvalue weighted by molar-refractivity contribution is 0.660. The van der Waals surface area contributed by atoms with Gasteiger partial charge in [-0.25, -0.2) is 0 Å². The second-order valence-corrected chi connectivity index (χ2v) is 14.0. The first-order valence-corrected chi connectivity index (χ1v) is 16.7. The molecule has 10 rings (SSSR count). The number of furan rings is 1. The van der Waals surface area contributed by atoms with Crippen molar-refractivity contribution in [1.82, 2.24) is 0 Å². The van der Waals surface area contributed by atoms with E-state index in [9.17, 15) is 0 Å². The van der Waals surface area contributed by atoms with Crippen LogP contribution in [0.1, 0.15) is 25.0 Å². The molecule has 0 aliphatic heterocycles. The Balaban J connectivity index is 1.25. The summed E-state index contributed by atoms with van der Waals surface area (Å²) in [6.45, 7) is 4.71. The van der Waals surface area contributed by atoms with Gasteiger partial charge in [0, 0.05) is 58.5 Å². The summed E-state index contributed by atoms with van der Waals surface area (Å²) in [6, 6.07) is 51.0. The molecular formula is C43H29NOS. The van der Waals surface area contributed by atoms with Crippen LogP contribution in [-0.2, 0) is 5.41 Å². The molecule has 2 aromatic heterocycles. The van der Waals surface area contributed by atoms with Crippen molar-refractivity contribution in [3.63, 3.8) is 0 Å². The Kier molecular flexibility index (Phi) is 5.25. The highest BCUT2D eigenvalue weighted by molar-refractivity contribution is 7.26. The van der Waals surface area contributed by atoms with Gasteiger partial charge in [0.05, 0.1) is 5.69 Å². The molecule has 46 heavy (non-hydrogen) atoms. The first kappa shape index (κ1) is 25.9. The number of para-hydroxylation sites is 1. The summed E-state index contributed by atoms with van der Waals surface area (Å²) < 4.78 is 8.91. The van der Waals surface area contributed by atoms with Crippen molar-refractivity contribution in [3.05, 3.63) is 151 Å². The van der Waals surface area contributed by atoms with Crippen LogP contribution < -0.4 is 4.90 Å². The molecule has 9 aromatic rings. The van der Waals surface area contributed by atoms with E-state index in [2.05, 4.69) is 146 Å². The summed E-state index contributed by atoms with van der Waals surface area (Å²) in [7, 11) is 0. The average Bonchev–Trinajstić information content (AvgIpc) is 3.73. The van der Waals surface area contributed by atoms with Crippen molar-refractivity contribution >= 4 is 81.3 Å². The fraction of sp³-hybridized carbons (Fsp3) is 0.0698. The molecule has 218 valence electrons. The molecule has 2 nitrogen and oxygen atoms in total. The van der Waals surface area contributed by atoms with Crippen LogP contribution in [0.25, 0.3) is 64.0 Å². The van der Waals surface area contributed by atoms with Crippen LogP contribution in [0.3, 0.4) is 0 Å². The van der Waals surface area contributed by atoms with E-state index >= 15 is 0 Å². The van der Waals surface area contributed by atoms with E-state index in [1.807, 2.05) is 23.5 Å². The summed E-state index contributed by atoms with van der Waals surface area (Å²) >= 11 is 1.89. The summed E-state index contributed by atoms with van der Waals surface area (Å²) in [5.74, 6) is 0. The number of fused-ring (bicyclic) bond motifs is 11. The van der Waals surface area contributed by atoms with Gasteiger partial charge in [-0.2, -0.15) is 0 Å². The van der Waals surface area contributed by atoms with Gasteiger partial charge >= 0.3 is 0 Å². The van der Waals surface area contributed by atoms with Crippen LogP contribution in [0.4, 0.5) is 17.1 Å². The predicted octanol–water partition coefficient (Wildman–Crippen LogP) is 12.9. The molecule has 0 unspecified atom stereocenters. The highest BCUT2D eigenvalue weighted by Crippen LogP contribution is 2.51. The fourth-order valence-corrected chi connectivity index (χ4v) is 9.06. The van der Waals surface area contributed by atoms with E-state index in [1.54, 1.807) is 0 Å². The quantitative estimate of drug-likeness (QED) is 0.199. The molecule has 0 N–H and O–H groups in total. The zero-order chi connectivity index (χ0) is 30.6. The molecule has 0 atom stereocenters. The summed E-state index contributed by atoms with van der Waals surface area (Å²) in [5.41, 5.74) is 10.5. The van der Waals surface area contributed by atoms with Gasteiger partial charge in [0.1, 0.15) is 11.2 Å². The average molecular weight is 608 g/mol. The van der Waals surface area contributed by atoms with E-state index in [0.29, 0.717) is 0 Å². The lowest BCUT2D eigenvalue weighted by atomic mass is 9.82. The Morgan fingerprint density at radius 2 is 1.17 bits per heavy atom. The minimum Gasteiger partial charge on any atom is -0.456 e. The van der Waals surface area contributed by atoms with Crippen LogP contribution in [0, 0.1) is 0 Å². The largest absolute Gasteiger partial charge is 0.456 e. The maximum atomic E-state index is 6.25. The van der Waals surface area contributed by atoms with Gasteiger partial charge in [0.2, 0.25) is 0 Å². The Morgan fingerprint density at radius 3 is 2.11 bits per heavy atom. The smallest absolute Gasteiger partial charge is 0.135 e. The van der Waals surface area contributed by atoms with Crippen molar-refractivity contribution in [2.24, 2.45) is 0 Å². The molecule has 2 heterocycles. The molecule has 0 saturated carbocycles. The maximum Gasteiger partial charge on any atom is 0.135 e. The number of rotatable bonds is 3. The van der Waals surface area contributed by atoms with Gasteiger partial charge in [0.15, 0.2) is 0 Å². The highest BCUT2D eigenvalue weighted by atomic mass is 32.1. The van der Waals surface area contributed by atoms with Crippen LogP contribution >= 0.6 is 11.3 Å². The minimum atomic E-state index is -0.0969. The molecule has 0 fully saturated rings. The lowest BCUT2D eigenvalue weighted by Gasteiger charge is -2.29. The molecule has 0 radical (unpaired) electrons. The van der Waals surface area contributed by atoms with Gasteiger partial charge in [-0.05, 0) is 70.8 Å². The lowest BCUT2D eigenvalue weighted by Crippen LogP contribution is -2.16. The van der Waals surface area contributed by atoms with Crippen LogP contribution in [-0.4, -0.2) is 0 Å². The molecule has 0 spiro atoms. The Labute approximate surface area is 270 Å². The standard InChI is InChI=1S/C43H29NOS/c1-43(2)36-14-6-3-10-28(36)29-20-18-27(25-37(29)43)44(26-19-23-40-35(24-26)31-11-4-7-16-39(31)45-40)38-15-9-13-33-30(38)21-22-34-32-12-5-8-17-41(32)46-42(33)34/h3-25H,1-2H3. The van der Waals surface area contributed by atoms with Gasteiger partial charge in [0.25, 0.3) is 0 Å². The van der Waals surface area contributed by atoms with Crippen molar-refractivity contribution < 1.29 is 4.42 Å².